The van der Waals surface area contributed by atoms with Gasteiger partial charge in [0.15, 0.2) is 0 Å². The van der Waals surface area contributed by atoms with E-state index >= 15 is 0 Å². The van der Waals surface area contributed by atoms with Crippen LogP contribution in [0.1, 0.15) is 48.4 Å². The number of carbonyl (C=O) groups is 1. The molecule has 0 radical (unpaired) electrons. The molecule has 0 amide bonds. The van der Waals surface area contributed by atoms with Crippen molar-refractivity contribution in [2.75, 3.05) is 18.5 Å². The average molecular weight is 366 g/mol. The van der Waals surface area contributed by atoms with Crippen LogP contribution in [0.2, 0.25) is 0 Å². The van der Waals surface area contributed by atoms with E-state index in [2.05, 4.69) is 29.6 Å². The van der Waals surface area contributed by atoms with Gasteiger partial charge in [-0.1, -0.05) is 18.2 Å². The minimum Gasteiger partial charge on any atom is -0.493 e. The van der Waals surface area contributed by atoms with Crippen molar-refractivity contribution >= 4 is 11.8 Å². The number of aliphatic carboxylic acids is 1. The Morgan fingerprint density at radius 2 is 2.07 bits per heavy atom. The fourth-order valence-corrected chi connectivity index (χ4v) is 3.88. The quantitative estimate of drug-likeness (QED) is 0.738. The van der Waals surface area contributed by atoms with Crippen molar-refractivity contribution in [1.82, 2.24) is 4.98 Å². The van der Waals surface area contributed by atoms with Crippen molar-refractivity contribution in [2.45, 2.75) is 44.4 Å². The number of aryl methyl sites for hydroxylation is 1. The van der Waals surface area contributed by atoms with E-state index in [1.165, 1.54) is 17.5 Å². The summed E-state index contributed by atoms with van der Waals surface area (Å²) in [5.41, 5.74) is 3.66. The van der Waals surface area contributed by atoms with E-state index in [9.17, 15) is 4.79 Å². The monoisotopic (exact) mass is 366 g/mol. The third-order valence-corrected chi connectivity index (χ3v) is 5.54. The van der Waals surface area contributed by atoms with E-state index in [0.29, 0.717) is 18.4 Å². The Hall–Kier alpha value is -2.56. The first-order valence-electron chi connectivity index (χ1n) is 9.86. The van der Waals surface area contributed by atoms with Crippen molar-refractivity contribution in [2.24, 2.45) is 5.92 Å². The third-order valence-electron chi connectivity index (χ3n) is 5.54. The number of anilines is 1. The normalized spacial score (nSPS) is 20.4. The topological polar surface area (TPSA) is 71.5 Å². The molecule has 1 aliphatic heterocycles. The summed E-state index contributed by atoms with van der Waals surface area (Å²) in [5, 5.41) is 12.1. The van der Waals surface area contributed by atoms with Crippen molar-refractivity contribution in [3.8, 4) is 5.75 Å². The number of pyridine rings is 1. The molecule has 2 unspecified atom stereocenters. The second kappa shape index (κ2) is 7.99. The van der Waals surface area contributed by atoms with E-state index in [1.54, 1.807) is 0 Å². The lowest BCUT2D eigenvalue weighted by molar-refractivity contribution is -0.137. The van der Waals surface area contributed by atoms with Crippen molar-refractivity contribution < 1.29 is 14.6 Å². The van der Waals surface area contributed by atoms with Gasteiger partial charge in [0.05, 0.1) is 6.61 Å². The van der Waals surface area contributed by atoms with Gasteiger partial charge in [-0.15, -0.1) is 0 Å². The summed E-state index contributed by atoms with van der Waals surface area (Å²) < 4.78 is 5.88. The standard InChI is InChI=1S/C22H26N2O3/c25-21(26)10-6-17-14-20(17)15-4-8-19(9-5-15)27-13-11-18-7-3-16-2-1-12-23-22(16)24-18/h3-5,7-9,17,20H,1-2,6,10-14H2,(H,23,24)(H,25,26). The molecule has 27 heavy (non-hydrogen) atoms. The SMILES string of the molecule is O=C(O)CCC1CC1c1ccc(OCCc2ccc3c(n2)NCCC3)cc1. The van der Waals surface area contributed by atoms with Gasteiger partial charge in [0.25, 0.3) is 0 Å². The Labute approximate surface area is 159 Å². The summed E-state index contributed by atoms with van der Waals surface area (Å²) in [6.45, 7) is 1.61. The maximum atomic E-state index is 10.7. The number of nitrogens with one attached hydrogen (secondary N) is 1. The molecule has 5 nitrogen and oxygen atoms in total. The van der Waals surface area contributed by atoms with E-state index in [0.717, 1.165) is 49.5 Å². The molecule has 4 rings (SSSR count). The number of rotatable bonds is 8. The van der Waals surface area contributed by atoms with Crippen LogP contribution in [-0.2, 0) is 17.6 Å². The predicted octanol–water partition coefficient (Wildman–Crippen LogP) is 4.03. The third kappa shape index (κ3) is 4.59. The molecule has 1 fully saturated rings. The van der Waals surface area contributed by atoms with E-state index in [4.69, 9.17) is 14.8 Å². The maximum Gasteiger partial charge on any atom is 0.303 e. The lowest BCUT2D eigenvalue weighted by Crippen LogP contribution is -2.14. The van der Waals surface area contributed by atoms with Crippen LogP contribution >= 0.6 is 0 Å². The Kier molecular flexibility index (Phi) is 5.28. The zero-order valence-electron chi connectivity index (χ0n) is 15.5. The summed E-state index contributed by atoms with van der Waals surface area (Å²) in [7, 11) is 0. The fraction of sp³-hybridized carbons (Fsp3) is 0.455. The van der Waals surface area contributed by atoms with Gasteiger partial charge in [0, 0.05) is 25.1 Å². The number of benzene rings is 1. The van der Waals surface area contributed by atoms with Crippen LogP contribution in [0.25, 0.3) is 0 Å². The van der Waals surface area contributed by atoms with Crippen LogP contribution in [0.5, 0.6) is 5.75 Å². The van der Waals surface area contributed by atoms with Gasteiger partial charge >= 0.3 is 5.97 Å². The number of hydrogen-bond acceptors (Lipinski definition) is 4. The maximum absolute atomic E-state index is 10.7. The number of hydrogen-bond donors (Lipinski definition) is 2. The number of aromatic nitrogens is 1. The van der Waals surface area contributed by atoms with Gasteiger partial charge in [-0.25, -0.2) is 4.98 Å². The van der Waals surface area contributed by atoms with Crippen LogP contribution in [0.4, 0.5) is 5.82 Å². The molecule has 0 bridgehead atoms. The molecular weight excluding hydrogens is 340 g/mol. The van der Waals surface area contributed by atoms with Crippen LogP contribution in [0.15, 0.2) is 36.4 Å². The first-order chi connectivity index (χ1) is 13.2. The van der Waals surface area contributed by atoms with Gasteiger partial charge in [0.2, 0.25) is 0 Å². The summed E-state index contributed by atoms with van der Waals surface area (Å²) >= 11 is 0. The molecule has 2 aliphatic rings. The molecule has 142 valence electrons. The number of nitrogens with zero attached hydrogens (tertiary/aromatic N) is 1. The Balaban J connectivity index is 1.24. The molecule has 1 aromatic heterocycles. The Bertz CT molecular complexity index is 804. The van der Waals surface area contributed by atoms with Gasteiger partial charge in [0.1, 0.15) is 11.6 Å². The number of fused-ring (bicyclic) bond motifs is 1. The number of carboxylic acids is 1. The lowest BCUT2D eigenvalue weighted by atomic mass is 10.1. The van der Waals surface area contributed by atoms with Crippen LogP contribution < -0.4 is 10.1 Å². The molecule has 2 aromatic rings. The molecule has 2 heterocycles. The second-order valence-electron chi connectivity index (χ2n) is 7.54. The lowest BCUT2D eigenvalue weighted by Gasteiger charge is -2.17. The minimum absolute atomic E-state index is 0.272. The Morgan fingerprint density at radius 1 is 1.22 bits per heavy atom. The largest absolute Gasteiger partial charge is 0.493 e. The van der Waals surface area contributed by atoms with Crippen LogP contribution in [0.3, 0.4) is 0 Å². The highest BCUT2D eigenvalue weighted by molar-refractivity contribution is 5.66. The smallest absolute Gasteiger partial charge is 0.303 e. The van der Waals surface area contributed by atoms with E-state index in [-0.39, 0.29) is 6.42 Å². The number of carboxylic acid groups (broad SMARTS) is 1. The molecule has 1 aliphatic carbocycles. The molecule has 1 aromatic carbocycles. The highest BCUT2D eigenvalue weighted by Gasteiger charge is 2.37. The zero-order chi connectivity index (χ0) is 18.6. The van der Waals surface area contributed by atoms with Crippen LogP contribution in [-0.4, -0.2) is 29.2 Å². The van der Waals surface area contributed by atoms with Crippen molar-refractivity contribution in [3.05, 3.63) is 53.2 Å². The predicted molar refractivity (Wildman–Crippen MR) is 104 cm³/mol. The van der Waals surface area contributed by atoms with E-state index in [1.807, 2.05) is 12.1 Å². The van der Waals surface area contributed by atoms with E-state index < -0.39 is 5.97 Å². The zero-order valence-corrected chi connectivity index (χ0v) is 15.5. The fourth-order valence-electron chi connectivity index (χ4n) is 3.88. The molecule has 1 saturated carbocycles. The number of ether oxygens (including phenoxy) is 1. The first kappa shape index (κ1) is 17.8. The molecule has 2 atom stereocenters. The average Bonchev–Trinajstić information content (AvgIpc) is 3.46. The minimum atomic E-state index is -0.700. The molecular formula is C22H26N2O3. The van der Waals surface area contributed by atoms with Crippen LogP contribution in [0, 0.1) is 5.92 Å². The summed E-state index contributed by atoms with van der Waals surface area (Å²) in [6, 6.07) is 12.5. The molecule has 5 heteroatoms. The van der Waals surface area contributed by atoms with Gasteiger partial charge in [-0.05, 0) is 66.8 Å². The van der Waals surface area contributed by atoms with Crippen molar-refractivity contribution in [1.29, 1.82) is 0 Å². The second-order valence-corrected chi connectivity index (χ2v) is 7.54. The van der Waals surface area contributed by atoms with Gasteiger partial charge in [-0.3, -0.25) is 4.79 Å². The molecule has 2 N–H and O–H groups in total. The summed E-state index contributed by atoms with van der Waals surface area (Å²) in [5.74, 6) is 2.25. The Morgan fingerprint density at radius 3 is 2.89 bits per heavy atom. The molecule has 0 saturated heterocycles. The molecule has 0 spiro atoms. The highest BCUT2D eigenvalue weighted by atomic mass is 16.5. The van der Waals surface area contributed by atoms with Gasteiger partial charge in [-0.2, -0.15) is 0 Å². The van der Waals surface area contributed by atoms with Crippen molar-refractivity contribution in [3.63, 3.8) is 0 Å². The van der Waals surface area contributed by atoms with Gasteiger partial charge < -0.3 is 15.2 Å². The summed E-state index contributed by atoms with van der Waals surface area (Å²) in [4.78, 5) is 15.4. The highest BCUT2D eigenvalue weighted by Crippen LogP contribution is 2.50. The summed E-state index contributed by atoms with van der Waals surface area (Å²) in [6.07, 6.45) is 5.22. The first-order valence-corrected chi connectivity index (χ1v) is 9.86.